The Morgan fingerprint density at radius 1 is 1.36 bits per heavy atom. The summed E-state index contributed by atoms with van der Waals surface area (Å²) < 4.78 is 5.40. The highest BCUT2D eigenvalue weighted by Gasteiger charge is 2.14. The molecule has 28 heavy (non-hydrogen) atoms. The van der Waals surface area contributed by atoms with Crippen LogP contribution >= 0.6 is 0 Å². The first kappa shape index (κ1) is 18.0. The molecule has 2 aliphatic carbocycles. The second-order valence-corrected chi connectivity index (χ2v) is 6.80. The quantitative estimate of drug-likeness (QED) is 0.779. The van der Waals surface area contributed by atoms with E-state index in [0.29, 0.717) is 30.4 Å². The van der Waals surface area contributed by atoms with Crippen LogP contribution in [0.4, 0.5) is 0 Å². The van der Waals surface area contributed by atoms with Crippen molar-refractivity contribution in [3.63, 3.8) is 0 Å². The number of aromatic nitrogens is 1. The molecule has 0 spiro atoms. The molecule has 3 aliphatic rings. The van der Waals surface area contributed by atoms with Gasteiger partial charge in [-0.2, -0.15) is 0 Å². The van der Waals surface area contributed by atoms with Crippen molar-refractivity contribution in [2.45, 2.75) is 26.2 Å². The molecule has 8 heteroatoms. The highest BCUT2D eigenvalue weighted by Crippen LogP contribution is 2.19. The van der Waals surface area contributed by atoms with E-state index in [1.807, 2.05) is 23.2 Å². The summed E-state index contributed by atoms with van der Waals surface area (Å²) in [6.07, 6.45) is 15.5. The molecule has 0 bridgehead atoms. The van der Waals surface area contributed by atoms with Gasteiger partial charge in [0.05, 0.1) is 5.70 Å². The van der Waals surface area contributed by atoms with Crippen LogP contribution in [0.25, 0.3) is 11.6 Å². The number of hydrazine groups is 1. The molecule has 144 valence electrons. The van der Waals surface area contributed by atoms with Crippen molar-refractivity contribution in [1.82, 2.24) is 15.4 Å². The number of aromatic amines is 1. The Hall–Kier alpha value is -3.42. The Morgan fingerprint density at radius 2 is 2.25 bits per heavy atom. The first-order valence-corrected chi connectivity index (χ1v) is 9.19. The number of rotatable bonds is 2. The van der Waals surface area contributed by atoms with Gasteiger partial charge in [-0.3, -0.25) is 20.2 Å². The predicted molar refractivity (Wildman–Crippen MR) is 107 cm³/mol. The molecule has 4 rings (SSSR count). The van der Waals surface area contributed by atoms with Crippen molar-refractivity contribution >= 4 is 29.6 Å². The SMILES string of the molecule is CC(=O)N=C1C=CC(=c2[nH]c(=CC3C=CC(N4CN=CN4)=CC3)c(=O)o2)CC1. The lowest BCUT2D eigenvalue weighted by Gasteiger charge is -2.21. The average molecular weight is 379 g/mol. The Morgan fingerprint density at radius 3 is 2.89 bits per heavy atom. The molecular weight excluding hydrogens is 358 g/mol. The Kier molecular flexibility index (Phi) is 4.92. The summed E-state index contributed by atoms with van der Waals surface area (Å²) in [5.74, 6) is -0.0972. The zero-order valence-corrected chi connectivity index (χ0v) is 15.5. The predicted octanol–water partition coefficient (Wildman–Crippen LogP) is 0.503. The number of nitrogens with one attached hydrogen (secondary N) is 2. The number of hydrogen-bond donors (Lipinski definition) is 2. The number of hydrogen-bond acceptors (Lipinski definition) is 6. The van der Waals surface area contributed by atoms with E-state index in [-0.39, 0.29) is 17.5 Å². The molecule has 2 heterocycles. The summed E-state index contributed by atoms with van der Waals surface area (Å²) in [6.45, 7) is 2.03. The molecule has 8 nitrogen and oxygen atoms in total. The van der Waals surface area contributed by atoms with E-state index in [4.69, 9.17) is 4.42 Å². The van der Waals surface area contributed by atoms with Crippen LogP contribution in [0.3, 0.4) is 0 Å². The van der Waals surface area contributed by atoms with Crippen LogP contribution in [-0.4, -0.2) is 34.6 Å². The molecule has 0 saturated heterocycles. The number of carbonyl (C=O) groups excluding carboxylic acids is 1. The number of H-pyrrole nitrogens is 1. The highest BCUT2D eigenvalue weighted by molar-refractivity contribution is 6.04. The summed E-state index contributed by atoms with van der Waals surface area (Å²) in [5, 5.41) is 2.40. The van der Waals surface area contributed by atoms with Crippen molar-refractivity contribution in [2.75, 3.05) is 6.67 Å². The Labute approximate surface area is 161 Å². The van der Waals surface area contributed by atoms with Crippen LogP contribution in [0.2, 0.25) is 0 Å². The zero-order chi connectivity index (χ0) is 19.5. The normalized spacial score (nSPS) is 25.4. The van der Waals surface area contributed by atoms with Crippen LogP contribution in [0.1, 0.15) is 26.2 Å². The molecule has 0 saturated carbocycles. The fraction of sp³-hybridized carbons (Fsp3) is 0.300. The molecule has 1 aromatic rings. The number of oxazole rings is 1. The number of aliphatic imine (C=N–C) groups is 2. The van der Waals surface area contributed by atoms with Gasteiger partial charge in [-0.1, -0.05) is 18.2 Å². The van der Waals surface area contributed by atoms with Gasteiger partial charge in [-0.05, 0) is 37.5 Å². The van der Waals surface area contributed by atoms with E-state index >= 15 is 0 Å². The summed E-state index contributed by atoms with van der Waals surface area (Å²) in [7, 11) is 0. The highest BCUT2D eigenvalue weighted by atomic mass is 16.4. The first-order chi connectivity index (χ1) is 13.6. The van der Waals surface area contributed by atoms with Crippen molar-refractivity contribution in [3.05, 3.63) is 57.4 Å². The van der Waals surface area contributed by atoms with Gasteiger partial charge in [0.15, 0.2) is 0 Å². The lowest BCUT2D eigenvalue weighted by molar-refractivity contribution is -0.115. The van der Waals surface area contributed by atoms with Gasteiger partial charge in [-0.15, -0.1) is 0 Å². The lowest BCUT2D eigenvalue weighted by Crippen LogP contribution is -2.31. The minimum Gasteiger partial charge on any atom is -0.405 e. The van der Waals surface area contributed by atoms with E-state index in [0.717, 1.165) is 23.4 Å². The third-order valence-electron chi connectivity index (χ3n) is 4.72. The van der Waals surface area contributed by atoms with Crippen molar-refractivity contribution < 1.29 is 9.21 Å². The summed E-state index contributed by atoms with van der Waals surface area (Å²) >= 11 is 0. The van der Waals surface area contributed by atoms with E-state index in [1.54, 1.807) is 12.4 Å². The van der Waals surface area contributed by atoms with Gasteiger partial charge in [0.25, 0.3) is 0 Å². The number of carbonyl (C=O) groups is 1. The fourth-order valence-corrected chi connectivity index (χ4v) is 3.31. The van der Waals surface area contributed by atoms with Crippen LogP contribution in [0.15, 0.2) is 55.3 Å². The van der Waals surface area contributed by atoms with E-state index < -0.39 is 0 Å². The first-order valence-electron chi connectivity index (χ1n) is 9.19. The van der Waals surface area contributed by atoms with E-state index in [2.05, 4.69) is 32.5 Å². The Balaban J connectivity index is 1.54. The van der Waals surface area contributed by atoms with Crippen molar-refractivity contribution in [3.8, 4) is 0 Å². The van der Waals surface area contributed by atoms with Crippen molar-refractivity contribution in [1.29, 1.82) is 0 Å². The summed E-state index contributed by atoms with van der Waals surface area (Å²) in [4.78, 5) is 34.5. The zero-order valence-electron chi connectivity index (χ0n) is 15.5. The standard InChI is InChI=1S/C20H21N5O3/c1-13(26)23-16-6-4-15(5-7-16)19-24-18(20(27)28-19)10-14-2-8-17(9-3-14)25-12-21-11-22-25/h2,4,6,8-11,14,24H,3,5,7,12H2,1H3,(H,21,22). The smallest absolute Gasteiger partial charge is 0.361 e. The second-order valence-electron chi connectivity index (χ2n) is 6.80. The number of amides is 1. The van der Waals surface area contributed by atoms with Crippen LogP contribution < -0.4 is 21.9 Å². The number of nitrogens with zero attached hydrogens (tertiary/aromatic N) is 3. The molecule has 0 fully saturated rings. The lowest BCUT2D eigenvalue weighted by atomic mass is 9.99. The average Bonchev–Trinajstić information content (AvgIpc) is 3.33. The maximum absolute atomic E-state index is 12.2. The molecule has 1 aromatic heterocycles. The van der Waals surface area contributed by atoms with Crippen LogP contribution in [-0.2, 0) is 4.79 Å². The fourth-order valence-electron chi connectivity index (χ4n) is 3.31. The third-order valence-corrected chi connectivity index (χ3v) is 4.72. The van der Waals surface area contributed by atoms with Crippen LogP contribution in [0, 0.1) is 5.92 Å². The summed E-state index contributed by atoms with van der Waals surface area (Å²) in [5.41, 5.74) is 5.83. The summed E-state index contributed by atoms with van der Waals surface area (Å²) in [6, 6.07) is 0. The number of allylic oxidation sites excluding steroid dienone is 5. The van der Waals surface area contributed by atoms with Gasteiger partial charge in [0.1, 0.15) is 18.4 Å². The minimum absolute atomic E-state index is 0.114. The molecule has 2 N–H and O–H groups in total. The third kappa shape index (κ3) is 3.95. The van der Waals surface area contributed by atoms with Gasteiger partial charge < -0.3 is 9.40 Å². The van der Waals surface area contributed by atoms with E-state index in [9.17, 15) is 9.59 Å². The monoisotopic (exact) mass is 379 g/mol. The van der Waals surface area contributed by atoms with Gasteiger partial charge in [0.2, 0.25) is 11.5 Å². The molecule has 1 amide bonds. The van der Waals surface area contributed by atoms with Gasteiger partial charge in [0, 0.05) is 24.1 Å². The topological polar surface area (TPSA) is 103 Å². The molecule has 1 atom stereocenters. The van der Waals surface area contributed by atoms with Gasteiger partial charge >= 0.3 is 5.63 Å². The minimum atomic E-state index is -0.378. The molecule has 0 aromatic carbocycles. The van der Waals surface area contributed by atoms with Crippen molar-refractivity contribution in [2.24, 2.45) is 15.9 Å². The maximum Gasteiger partial charge on any atom is 0.361 e. The molecule has 0 radical (unpaired) electrons. The van der Waals surface area contributed by atoms with Gasteiger partial charge in [-0.25, -0.2) is 9.79 Å². The molecule has 1 unspecified atom stereocenters. The maximum atomic E-state index is 12.2. The second kappa shape index (κ2) is 7.67. The Bertz CT molecular complexity index is 1110. The largest absolute Gasteiger partial charge is 0.405 e. The van der Waals surface area contributed by atoms with E-state index in [1.165, 1.54) is 6.92 Å². The van der Waals surface area contributed by atoms with Crippen LogP contribution in [0.5, 0.6) is 0 Å². The molecule has 1 aliphatic heterocycles. The molecular formula is C20H21N5O3.